The molecule has 1 heterocycles. The van der Waals surface area contributed by atoms with Crippen LogP contribution in [0.3, 0.4) is 0 Å². The molecule has 1 N–H and O–H groups in total. The predicted molar refractivity (Wildman–Crippen MR) is 89.4 cm³/mol. The summed E-state index contributed by atoms with van der Waals surface area (Å²) in [5, 5.41) is 3.83. The van der Waals surface area contributed by atoms with Crippen molar-refractivity contribution in [3.8, 4) is 0 Å². The van der Waals surface area contributed by atoms with Crippen molar-refractivity contribution in [2.75, 3.05) is 13.1 Å². The summed E-state index contributed by atoms with van der Waals surface area (Å²) in [5.74, 6) is 0.908. The maximum absolute atomic E-state index is 3.83. The SMILES string of the molecule is Cc1ccccc1CN1CC(C2CCCCC2)NCC1C. The van der Waals surface area contributed by atoms with Crippen LogP contribution in [0.4, 0.5) is 0 Å². The van der Waals surface area contributed by atoms with E-state index in [-0.39, 0.29) is 0 Å². The molecule has 1 aromatic carbocycles. The van der Waals surface area contributed by atoms with Crippen LogP contribution in [0, 0.1) is 12.8 Å². The first-order valence-corrected chi connectivity index (χ1v) is 8.76. The van der Waals surface area contributed by atoms with Gasteiger partial charge in [-0.25, -0.2) is 0 Å². The lowest BCUT2D eigenvalue weighted by Gasteiger charge is -2.43. The van der Waals surface area contributed by atoms with Gasteiger partial charge in [0.25, 0.3) is 0 Å². The number of hydrogen-bond acceptors (Lipinski definition) is 2. The minimum absolute atomic E-state index is 0.643. The molecule has 0 amide bonds. The molecule has 0 bridgehead atoms. The van der Waals surface area contributed by atoms with E-state index in [0.29, 0.717) is 12.1 Å². The van der Waals surface area contributed by atoms with Crippen molar-refractivity contribution in [2.24, 2.45) is 5.92 Å². The summed E-state index contributed by atoms with van der Waals surface area (Å²) in [4.78, 5) is 2.69. The van der Waals surface area contributed by atoms with Crippen LogP contribution in [0.25, 0.3) is 0 Å². The van der Waals surface area contributed by atoms with Gasteiger partial charge in [0, 0.05) is 31.7 Å². The Labute approximate surface area is 129 Å². The molecule has 0 spiro atoms. The van der Waals surface area contributed by atoms with Crippen molar-refractivity contribution in [3.05, 3.63) is 35.4 Å². The van der Waals surface area contributed by atoms with E-state index in [9.17, 15) is 0 Å². The molecule has 0 radical (unpaired) electrons. The highest BCUT2D eigenvalue weighted by Gasteiger charge is 2.31. The number of nitrogens with one attached hydrogen (secondary N) is 1. The third kappa shape index (κ3) is 3.67. The molecule has 1 saturated heterocycles. The third-order valence-corrected chi connectivity index (χ3v) is 5.58. The normalized spacial score (nSPS) is 28.7. The summed E-state index contributed by atoms with van der Waals surface area (Å²) in [6.45, 7) is 8.08. The second-order valence-electron chi connectivity index (χ2n) is 7.12. The number of rotatable bonds is 3. The highest BCUT2D eigenvalue weighted by molar-refractivity contribution is 5.25. The smallest absolute Gasteiger partial charge is 0.0240 e. The lowest BCUT2D eigenvalue weighted by molar-refractivity contribution is 0.0979. The Morgan fingerprint density at radius 2 is 1.90 bits per heavy atom. The van der Waals surface area contributed by atoms with E-state index in [1.165, 1.54) is 49.8 Å². The first kappa shape index (κ1) is 15.1. The maximum Gasteiger partial charge on any atom is 0.0240 e. The van der Waals surface area contributed by atoms with Gasteiger partial charge >= 0.3 is 0 Å². The van der Waals surface area contributed by atoms with Crippen LogP contribution in [0.2, 0.25) is 0 Å². The van der Waals surface area contributed by atoms with Crippen molar-refractivity contribution < 1.29 is 0 Å². The zero-order valence-corrected chi connectivity index (χ0v) is 13.6. The summed E-state index contributed by atoms with van der Waals surface area (Å²) in [7, 11) is 0. The average Bonchev–Trinajstić information content (AvgIpc) is 2.52. The largest absolute Gasteiger partial charge is 0.311 e. The molecule has 2 aliphatic rings. The number of benzene rings is 1. The second kappa shape index (κ2) is 6.93. The van der Waals surface area contributed by atoms with E-state index >= 15 is 0 Å². The standard InChI is InChI=1S/C19H30N2/c1-15-8-6-7-11-18(15)13-21-14-19(20-12-16(21)2)17-9-4-3-5-10-17/h6-8,11,16-17,19-20H,3-5,9-10,12-14H2,1-2H3. The van der Waals surface area contributed by atoms with Crippen LogP contribution in [0.15, 0.2) is 24.3 Å². The molecule has 116 valence electrons. The molecule has 1 aromatic rings. The van der Waals surface area contributed by atoms with E-state index in [0.717, 1.165) is 19.0 Å². The van der Waals surface area contributed by atoms with Gasteiger partial charge in [0.05, 0.1) is 0 Å². The molecule has 2 unspecified atom stereocenters. The molecule has 21 heavy (non-hydrogen) atoms. The van der Waals surface area contributed by atoms with E-state index in [4.69, 9.17) is 0 Å². The quantitative estimate of drug-likeness (QED) is 0.910. The van der Waals surface area contributed by atoms with Gasteiger partial charge in [0.2, 0.25) is 0 Å². The van der Waals surface area contributed by atoms with Crippen LogP contribution < -0.4 is 5.32 Å². The highest BCUT2D eigenvalue weighted by atomic mass is 15.2. The molecule has 1 aliphatic carbocycles. The first-order valence-electron chi connectivity index (χ1n) is 8.76. The summed E-state index contributed by atoms with van der Waals surface area (Å²) in [6.07, 6.45) is 7.20. The van der Waals surface area contributed by atoms with Gasteiger partial charge in [0.15, 0.2) is 0 Å². The van der Waals surface area contributed by atoms with Crippen LogP contribution in [0.1, 0.15) is 50.2 Å². The van der Waals surface area contributed by atoms with E-state index < -0.39 is 0 Å². The fourth-order valence-electron chi connectivity index (χ4n) is 4.03. The Hall–Kier alpha value is -0.860. The number of hydrogen-bond donors (Lipinski definition) is 1. The van der Waals surface area contributed by atoms with Crippen molar-refractivity contribution in [1.29, 1.82) is 0 Å². The predicted octanol–water partition coefficient (Wildman–Crippen LogP) is 3.74. The van der Waals surface area contributed by atoms with Crippen LogP contribution in [-0.4, -0.2) is 30.1 Å². The molecule has 2 nitrogen and oxygen atoms in total. The Morgan fingerprint density at radius 1 is 1.14 bits per heavy atom. The molecular formula is C19H30N2. The van der Waals surface area contributed by atoms with Gasteiger partial charge in [-0.1, -0.05) is 43.5 Å². The zero-order chi connectivity index (χ0) is 14.7. The zero-order valence-electron chi connectivity index (χ0n) is 13.6. The Kier molecular flexibility index (Phi) is 4.97. The van der Waals surface area contributed by atoms with E-state index in [1.54, 1.807) is 0 Å². The van der Waals surface area contributed by atoms with Gasteiger partial charge in [-0.2, -0.15) is 0 Å². The Balaban J connectivity index is 1.64. The van der Waals surface area contributed by atoms with Crippen molar-refractivity contribution in [3.63, 3.8) is 0 Å². The van der Waals surface area contributed by atoms with Crippen molar-refractivity contribution in [1.82, 2.24) is 10.2 Å². The van der Waals surface area contributed by atoms with Gasteiger partial charge in [-0.15, -0.1) is 0 Å². The van der Waals surface area contributed by atoms with Crippen molar-refractivity contribution in [2.45, 2.75) is 64.6 Å². The molecule has 2 atom stereocenters. The monoisotopic (exact) mass is 286 g/mol. The summed E-state index contributed by atoms with van der Waals surface area (Å²) in [6, 6.07) is 10.2. The third-order valence-electron chi connectivity index (χ3n) is 5.58. The van der Waals surface area contributed by atoms with Crippen LogP contribution in [0.5, 0.6) is 0 Å². The summed E-state index contributed by atoms with van der Waals surface area (Å²) < 4.78 is 0. The Bertz CT molecular complexity index is 451. The minimum atomic E-state index is 0.643. The lowest BCUT2D eigenvalue weighted by atomic mass is 9.82. The summed E-state index contributed by atoms with van der Waals surface area (Å²) in [5.41, 5.74) is 2.92. The topological polar surface area (TPSA) is 15.3 Å². The van der Waals surface area contributed by atoms with Crippen LogP contribution >= 0.6 is 0 Å². The van der Waals surface area contributed by atoms with Gasteiger partial charge in [-0.05, 0) is 43.7 Å². The molecule has 1 saturated carbocycles. The second-order valence-corrected chi connectivity index (χ2v) is 7.12. The molecule has 1 aliphatic heterocycles. The summed E-state index contributed by atoms with van der Waals surface area (Å²) >= 11 is 0. The van der Waals surface area contributed by atoms with Crippen molar-refractivity contribution >= 4 is 0 Å². The highest BCUT2D eigenvalue weighted by Crippen LogP contribution is 2.29. The molecule has 2 heteroatoms. The fraction of sp³-hybridized carbons (Fsp3) is 0.684. The lowest BCUT2D eigenvalue weighted by Crippen LogP contribution is -2.57. The molecule has 0 aromatic heterocycles. The van der Waals surface area contributed by atoms with Gasteiger partial charge < -0.3 is 5.32 Å². The fourth-order valence-corrected chi connectivity index (χ4v) is 4.03. The number of piperazine rings is 1. The first-order chi connectivity index (χ1) is 10.2. The van der Waals surface area contributed by atoms with Crippen LogP contribution in [-0.2, 0) is 6.54 Å². The average molecular weight is 286 g/mol. The number of aryl methyl sites for hydroxylation is 1. The maximum atomic E-state index is 3.83. The minimum Gasteiger partial charge on any atom is -0.311 e. The van der Waals surface area contributed by atoms with E-state index in [1.807, 2.05) is 0 Å². The van der Waals surface area contributed by atoms with Gasteiger partial charge in [-0.3, -0.25) is 4.90 Å². The molecule has 3 rings (SSSR count). The molecule has 2 fully saturated rings. The number of nitrogens with zero attached hydrogens (tertiary/aromatic N) is 1. The molecular weight excluding hydrogens is 256 g/mol. The Morgan fingerprint density at radius 3 is 2.67 bits per heavy atom. The van der Waals surface area contributed by atoms with Gasteiger partial charge in [0.1, 0.15) is 0 Å². The van der Waals surface area contributed by atoms with E-state index in [2.05, 4.69) is 48.3 Å².